The molecule has 0 saturated carbocycles. The van der Waals surface area contributed by atoms with Crippen LogP contribution in [0.5, 0.6) is 5.75 Å². The highest BCUT2D eigenvalue weighted by Gasteiger charge is 2.16. The fraction of sp³-hybridized carbons (Fsp3) is 0.368. The van der Waals surface area contributed by atoms with E-state index in [9.17, 15) is 9.59 Å². The van der Waals surface area contributed by atoms with Gasteiger partial charge in [-0.15, -0.1) is 0 Å². The summed E-state index contributed by atoms with van der Waals surface area (Å²) in [6, 6.07) is 7.45. The number of benzene rings is 1. The number of nitrogens with zero attached hydrogens (tertiary/aromatic N) is 1. The summed E-state index contributed by atoms with van der Waals surface area (Å²) < 4.78 is 12.4. The molecule has 5 nitrogen and oxygen atoms in total. The Bertz CT molecular complexity index is 774. The third-order valence-corrected chi connectivity index (χ3v) is 4.34. The Hall–Kier alpha value is -2.56. The van der Waals surface area contributed by atoms with Crippen LogP contribution in [0.15, 0.2) is 24.3 Å². The summed E-state index contributed by atoms with van der Waals surface area (Å²) in [6.07, 6.45) is 0. The number of esters is 1. The molecule has 0 bridgehead atoms. The van der Waals surface area contributed by atoms with Gasteiger partial charge in [0, 0.05) is 24.0 Å². The fourth-order valence-electron chi connectivity index (χ4n) is 2.42. The first-order valence-electron chi connectivity index (χ1n) is 7.82. The predicted octanol–water partition coefficient (Wildman–Crippen LogP) is 3.06. The number of hydrogen-bond acceptors (Lipinski definition) is 4. The van der Waals surface area contributed by atoms with Crippen molar-refractivity contribution >= 4 is 11.8 Å². The molecule has 2 rings (SSSR count). The first-order valence-corrected chi connectivity index (χ1v) is 7.82. The van der Waals surface area contributed by atoms with Crippen molar-refractivity contribution in [1.82, 2.24) is 4.57 Å². The topological polar surface area (TPSA) is 57.5 Å². The molecule has 0 saturated heterocycles. The van der Waals surface area contributed by atoms with Crippen LogP contribution in [0.25, 0.3) is 0 Å². The zero-order valence-corrected chi connectivity index (χ0v) is 14.8. The summed E-state index contributed by atoms with van der Waals surface area (Å²) in [5, 5.41) is 0. The van der Waals surface area contributed by atoms with E-state index in [0.29, 0.717) is 11.3 Å². The average Bonchev–Trinajstić information content (AvgIpc) is 2.81. The number of ether oxygens (including phenoxy) is 2. The molecule has 0 unspecified atom stereocenters. The van der Waals surface area contributed by atoms with E-state index in [2.05, 4.69) is 0 Å². The molecule has 1 aromatic carbocycles. The van der Waals surface area contributed by atoms with Gasteiger partial charge in [-0.25, -0.2) is 4.79 Å². The van der Waals surface area contributed by atoms with E-state index in [4.69, 9.17) is 9.47 Å². The minimum absolute atomic E-state index is 0.212. The van der Waals surface area contributed by atoms with E-state index in [0.717, 1.165) is 22.5 Å². The molecular weight excluding hydrogens is 306 g/mol. The maximum atomic E-state index is 12.2. The van der Waals surface area contributed by atoms with E-state index in [1.807, 2.05) is 51.4 Å². The SMILES string of the molecule is Cc1cccc(OCC(=O)OCC(=O)c2cc(C)n(C)c2C)c1C. The van der Waals surface area contributed by atoms with Crippen molar-refractivity contribution in [3.63, 3.8) is 0 Å². The van der Waals surface area contributed by atoms with Crippen molar-refractivity contribution in [2.24, 2.45) is 7.05 Å². The van der Waals surface area contributed by atoms with Gasteiger partial charge in [-0.1, -0.05) is 12.1 Å². The highest BCUT2D eigenvalue weighted by atomic mass is 16.6. The van der Waals surface area contributed by atoms with Crippen LogP contribution in [0.3, 0.4) is 0 Å². The van der Waals surface area contributed by atoms with Gasteiger partial charge in [-0.05, 0) is 51.0 Å². The van der Waals surface area contributed by atoms with Crippen molar-refractivity contribution in [2.75, 3.05) is 13.2 Å². The molecule has 0 amide bonds. The molecule has 5 heteroatoms. The van der Waals surface area contributed by atoms with Crippen LogP contribution in [0.2, 0.25) is 0 Å². The molecule has 0 aliphatic heterocycles. The monoisotopic (exact) mass is 329 g/mol. The lowest BCUT2D eigenvalue weighted by molar-refractivity contribution is -0.144. The summed E-state index contributed by atoms with van der Waals surface area (Å²) in [5.74, 6) is -0.126. The zero-order chi connectivity index (χ0) is 17.9. The predicted molar refractivity (Wildman–Crippen MR) is 91.6 cm³/mol. The maximum absolute atomic E-state index is 12.2. The highest BCUT2D eigenvalue weighted by molar-refractivity contribution is 5.99. The molecule has 1 aromatic heterocycles. The molecule has 2 aromatic rings. The van der Waals surface area contributed by atoms with Gasteiger partial charge in [0.25, 0.3) is 0 Å². The molecule has 0 N–H and O–H groups in total. The number of ketones is 1. The zero-order valence-electron chi connectivity index (χ0n) is 14.8. The number of hydrogen-bond donors (Lipinski definition) is 0. The first-order chi connectivity index (χ1) is 11.3. The number of aryl methyl sites for hydroxylation is 2. The Morgan fingerprint density at radius 1 is 1.08 bits per heavy atom. The second-order valence-corrected chi connectivity index (χ2v) is 5.91. The number of Topliss-reactive ketones (excluding diaryl/α,β-unsaturated/α-hetero) is 1. The Kier molecular flexibility index (Phi) is 5.44. The standard InChI is InChI=1S/C19H23NO4/c1-12-7-6-8-18(14(12)3)23-11-19(22)24-10-17(21)16-9-13(2)20(5)15(16)4/h6-9H,10-11H2,1-5H3. The minimum atomic E-state index is -0.561. The first kappa shape index (κ1) is 17.8. The lowest BCUT2D eigenvalue weighted by Gasteiger charge is -2.10. The molecule has 0 spiro atoms. The number of carbonyl (C=O) groups is 2. The van der Waals surface area contributed by atoms with Gasteiger partial charge in [0.05, 0.1) is 0 Å². The van der Waals surface area contributed by atoms with Gasteiger partial charge in [0.15, 0.2) is 13.2 Å². The van der Waals surface area contributed by atoms with Crippen molar-refractivity contribution in [1.29, 1.82) is 0 Å². The largest absolute Gasteiger partial charge is 0.482 e. The van der Waals surface area contributed by atoms with E-state index >= 15 is 0 Å². The molecule has 0 radical (unpaired) electrons. The van der Waals surface area contributed by atoms with Crippen LogP contribution in [0.1, 0.15) is 32.9 Å². The van der Waals surface area contributed by atoms with E-state index < -0.39 is 5.97 Å². The van der Waals surface area contributed by atoms with Crippen LogP contribution in [0.4, 0.5) is 0 Å². The van der Waals surface area contributed by atoms with Crippen LogP contribution in [-0.4, -0.2) is 29.5 Å². The summed E-state index contributed by atoms with van der Waals surface area (Å²) in [4.78, 5) is 24.0. The summed E-state index contributed by atoms with van der Waals surface area (Å²) in [6.45, 7) is 7.20. The molecule has 128 valence electrons. The molecule has 0 fully saturated rings. The Labute approximate surface area is 142 Å². The Balaban J connectivity index is 1.88. The van der Waals surface area contributed by atoms with Gasteiger partial charge in [-0.2, -0.15) is 0 Å². The molecule has 0 aliphatic rings. The van der Waals surface area contributed by atoms with Crippen LogP contribution < -0.4 is 4.74 Å². The number of rotatable bonds is 6. The van der Waals surface area contributed by atoms with Gasteiger partial charge < -0.3 is 14.0 Å². The normalized spacial score (nSPS) is 10.5. The summed E-state index contributed by atoms with van der Waals surface area (Å²) in [7, 11) is 1.89. The lowest BCUT2D eigenvalue weighted by Crippen LogP contribution is -2.20. The lowest BCUT2D eigenvalue weighted by atomic mass is 10.1. The minimum Gasteiger partial charge on any atom is -0.482 e. The molecule has 1 heterocycles. The smallest absolute Gasteiger partial charge is 0.344 e. The van der Waals surface area contributed by atoms with Gasteiger partial charge in [-0.3, -0.25) is 4.79 Å². The van der Waals surface area contributed by atoms with Crippen molar-refractivity contribution in [3.05, 3.63) is 52.3 Å². The van der Waals surface area contributed by atoms with E-state index in [-0.39, 0.29) is 19.0 Å². The Morgan fingerprint density at radius 3 is 2.42 bits per heavy atom. The number of aromatic nitrogens is 1. The average molecular weight is 329 g/mol. The second kappa shape index (κ2) is 7.34. The summed E-state index contributed by atoms with van der Waals surface area (Å²) in [5.41, 5.74) is 4.50. The summed E-state index contributed by atoms with van der Waals surface area (Å²) >= 11 is 0. The quantitative estimate of drug-likeness (QED) is 0.604. The second-order valence-electron chi connectivity index (χ2n) is 5.91. The molecule has 0 atom stereocenters. The van der Waals surface area contributed by atoms with Crippen molar-refractivity contribution < 1.29 is 19.1 Å². The third-order valence-electron chi connectivity index (χ3n) is 4.34. The Morgan fingerprint density at radius 2 is 1.79 bits per heavy atom. The van der Waals surface area contributed by atoms with E-state index in [1.165, 1.54) is 0 Å². The van der Waals surface area contributed by atoms with Crippen molar-refractivity contribution in [2.45, 2.75) is 27.7 Å². The third kappa shape index (κ3) is 3.85. The van der Waals surface area contributed by atoms with Crippen LogP contribution in [0, 0.1) is 27.7 Å². The van der Waals surface area contributed by atoms with E-state index in [1.54, 1.807) is 12.1 Å². The highest BCUT2D eigenvalue weighted by Crippen LogP contribution is 2.20. The maximum Gasteiger partial charge on any atom is 0.344 e. The van der Waals surface area contributed by atoms with Gasteiger partial charge >= 0.3 is 5.97 Å². The van der Waals surface area contributed by atoms with Crippen LogP contribution >= 0.6 is 0 Å². The van der Waals surface area contributed by atoms with Crippen LogP contribution in [-0.2, 0) is 16.6 Å². The van der Waals surface area contributed by atoms with Gasteiger partial charge in [0.1, 0.15) is 5.75 Å². The molecular formula is C19H23NO4. The fourth-order valence-corrected chi connectivity index (χ4v) is 2.42. The molecule has 24 heavy (non-hydrogen) atoms. The molecule has 0 aliphatic carbocycles. The van der Waals surface area contributed by atoms with Gasteiger partial charge in [0.2, 0.25) is 5.78 Å². The number of carbonyl (C=O) groups excluding carboxylic acids is 2. The van der Waals surface area contributed by atoms with Crippen molar-refractivity contribution in [3.8, 4) is 5.75 Å².